The van der Waals surface area contributed by atoms with Gasteiger partial charge < -0.3 is 15.3 Å². The average Bonchev–Trinajstić information content (AvgIpc) is 2.40. The van der Waals surface area contributed by atoms with Crippen molar-refractivity contribution in [3.63, 3.8) is 0 Å². The zero-order chi connectivity index (χ0) is 13.8. The Morgan fingerprint density at radius 2 is 2.00 bits per heavy atom. The van der Waals surface area contributed by atoms with E-state index in [4.69, 9.17) is 5.11 Å². The summed E-state index contributed by atoms with van der Waals surface area (Å²) < 4.78 is 0. The van der Waals surface area contributed by atoms with Gasteiger partial charge in [0.25, 0.3) is 0 Å². The van der Waals surface area contributed by atoms with Crippen LogP contribution in [0.3, 0.4) is 0 Å². The van der Waals surface area contributed by atoms with Crippen LogP contribution in [-0.4, -0.2) is 67.2 Å². The van der Waals surface area contributed by atoms with Crippen molar-refractivity contribution in [2.24, 2.45) is 0 Å². The lowest BCUT2D eigenvalue weighted by molar-refractivity contribution is 0.0697. The summed E-state index contributed by atoms with van der Waals surface area (Å²) in [6.45, 7) is 4.12. The highest BCUT2D eigenvalue weighted by atomic mass is 16.4. The largest absolute Gasteiger partial charge is 0.478 e. The molecule has 1 aliphatic rings. The second kappa shape index (κ2) is 6.04. The molecule has 0 aliphatic carbocycles. The maximum Gasteiger partial charge on any atom is 0.335 e. The van der Waals surface area contributed by atoms with Crippen LogP contribution in [0.2, 0.25) is 0 Å². The molecule has 1 unspecified atom stereocenters. The van der Waals surface area contributed by atoms with Crippen LogP contribution in [0.25, 0.3) is 0 Å². The molecule has 1 saturated heterocycles. The lowest BCUT2D eigenvalue weighted by atomic mass is 10.1. The van der Waals surface area contributed by atoms with Gasteiger partial charge >= 0.3 is 5.97 Å². The molecule has 1 heterocycles. The molecule has 0 bridgehead atoms. The fraction of sp³-hybridized carbons (Fsp3) is 0.500. The van der Waals surface area contributed by atoms with E-state index in [2.05, 4.69) is 29.2 Å². The highest BCUT2D eigenvalue weighted by Gasteiger charge is 2.21. The summed E-state index contributed by atoms with van der Waals surface area (Å²) in [7, 11) is 4.29. The third-order valence-electron chi connectivity index (χ3n) is 3.65. The number of carbonyl (C=O) groups is 1. The van der Waals surface area contributed by atoms with Gasteiger partial charge in [-0.05, 0) is 38.4 Å². The summed E-state index contributed by atoms with van der Waals surface area (Å²) in [5.41, 5.74) is 1.28. The fourth-order valence-corrected chi connectivity index (χ4v) is 2.29. The molecular formula is C14H21N3O2. The van der Waals surface area contributed by atoms with Crippen molar-refractivity contribution in [3.8, 4) is 0 Å². The van der Waals surface area contributed by atoms with E-state index in [1.165, 1.54) is 0 Å². The molecule has 0 spiro atoms. The smallest absolute Gasteiger partial charge is 0.335 e. The van der Waals surface area contributed by atoms with E-state index < -0.39 is 5.97 Å². The highest BCUT2D eigenvalue weighted by Crippen LogP contribution is 2.11. The zero-order valence-electron chi connectivity index (χ0n) is 11.5. The minimum absolute atomic E-state index is 0.320. The molecule has 0 radical (unpaired) electrons. The second-order valence-corrected chi connectivity index (χ2v) is 5.16. The molecule has 5 nitrogen and oxygen atoms in total. The number of anilines is 1. The van der Waals surface area contributed by atoms with Crippen molar-refractivity contribution < 1.29 is 9.90 Å². The topological polar surface area (TPSA) is 55.8 Å². The zero-order valence-corrected chi connectivity index (χ0v) is 11.5. The van der Waals surface area contributed by atoms with Crippen LogP contribution in [0, 0.1) is 0 Å². The van der Waals surface area contributed by atoms with Crippen molar-refractivity contribution in [1.29, 1.82) is 0 Å². The van der Waals surface area contributed by atoms with Gasteiger partial charge in [0.15, 0.2) is 0 Å². The van der Waals surface area contributed by atoms with E-state index in [0.717, 1.165) is 31.9 Å². The predicted molar refractivity (Wildman–Crippen MR) is 75.8 cm³/mol. The molecule has 0 saturated carbocycles. The Labute approximate surface area is 113 Å². The minimum atomic E-state index is -0.889. The number of carboxylic acids is 1. The van der Waals surface area contributed by atoms with E-state index in [9.17, 15) is 4.79 Å². The Morgan fingerprint density at radius 3 is 2.63 bits per heavy atom. The van der Waals surface area contributed by atoms with Crippen molar-refractivity contribution in [3.05, 3.63) is 29.8 Å². The van der Waals surface area contributed by atoms with Crippen LogP contribution in [0.15, 0.2) is 24.3 Å². The van der Waals surface area contributed by atoms with Gasteiger partial charge in [0.2, 0.25) is 0 Å². The summed E-state index contributed by atoms with van der Waals surface area (Å²) in [6.07, 6.45) is 0. The SMILES string of the molecule is CN1CCN(C)C(CNc2ccc(C(=O)O)cc2)C1. The van der Waals surface area contributed by atoms with Gasteiger partial charge in [-0.15, -0.1) is 0 Å². The number of nitrogens with one attached hydrogen (secondary N) is 1. The van der Waals surface area contributed by atoms with E-state index in [-0.39, 0.29) is 0 Å². The van der Waals surface area contributed by atoms with Gasteiger partial charge in [0.1, 0.15) is 0 Å². The molecule has 19 heavy (non-hydrogen) atoms. The quantitative estimate of drug-likeness (QED) is 0.850. The van der Waals surface area contributed by atoms with Crippen molar-refractivity contribution in [1.82, 2.24) is 9.80 Å². The summed E-state index contributed by atoms with van der Waals surface area (Å²) in [6, 6.07) is 7.37. The van der Waals surface area contributed by atoms with Gasteiger partial charge in [-0.25, -0.2) is 4.79 Å². The number of nitrogens with zero attached hydrogens (tertiary/aromatic N) is 2. The predicted octanol–water partition coefficient (Wildman–Crippen LogP) is 1.04. The first-order valence-corrected chi connectivity index (χ1v) is 6.52. The second-order valence-electron chi connectivity index (χ2n) is 5.16. The Morgan fingerprint density at radius 1 is 1.32 bits per heavy atom. The van der Waals surface area contributed by atoms with Crippen LogP contribution >= 0.6 is 0 Å². The van der Waals surface area contributed by atoms with Crippen LogP contribution < -0.4 is 5.32 Å². The molecular weight excluding hydrogens is 242 g/mol. The van der Waals surface area contributed by atoms with E-state index in [1.54, 1.807) is 12.1 Å². The Balaban J connectivity index is 1.89. The first kappa shape index (κ1) is 13.8. The number of hydrogen-bond acceptors (Lipinski definition) is 4. The summed E-state index contributed by atoms with van der Waals surface area (Å²) in [5.74, 6) is -0.889. The normalized spacial score (nSPS) is 21.3. The van der Waals surface area contributed by atoms with Crippen LogP contribution in [0.5, 0.6) is 0 Å². The molecule has 104 valence electrons. The van der Waals surface area contributed by atoms with Crippen molar-refractivity contribution in [2.45, 2.75) is 6.04 Å². The molecule has 1 fully saturated rings. The number of aromatic carboxylic acids is 1. The fourth-order valence-electron chi connectivity index (χ4n) is 2.29. The van der Waals surface area contributed by atoms with E-state index >= 15 is 0 Å². The number of likely N-dealkylation sites (N-methyl/N-ethyl adjacent to an activating group) is 2. The van der Waals surface area contributed by atoms with E-state index in [1.807, 2.05) is 12.1 Å². The Kier molecular flexibility index (Phi) is 4.39. The summed E-state index contributed by atoms with van der Waals surface area (Å²) in [5, 5.41) is 12.2. The van der Waals surface area contributed by atoms with Gasteiger partial charge in [-0.2, -0.15) is 0 Å². The monoisotopic (exact) mass is 263 g/mol. The lowest BCUT2D eigenvalue weighted by Gasteiger charge is -2.37. The average molecular weight is 263 g/mol. The summed E-state index contributed by atoms with van der Waals surface area (Å²) in [4.78, 5) is 15.5. The Hall–Kier alpha value is -1.59. The number of benzene rings is 1. The molecule has 1 aromatic carbocycles. The third kappa shape index (κ3) is 3.68. The molecule has 2 N–H and O–H groups in total. The number of rotatable bonds is 4. The first-order valence-electron chi connectivity index (χ1n) is 6.52. The minimum Gasteiger partial charge on any atom is -0.478 e. The first-order chi connectivity index (χ1) is 9.06. The van der Waals surface area contributed by atoms with Gasteiger partial charge in [-0.3, -0.25) is 4.90 Å². The van der Waals surface area contributed by atoms with Crippen molar-refractivity contribution in [2.75, 3.05) is 45.6 Å². The molecule has 1 aromatic rings. The third-order valence-corrected chi connectivity index (χ3v) is 3.65. The molecule has 2 rings (SSSR count). The summed E-state index contributed by atoms with van der Waals surface area (Å²) >= 11 is 0. The van der Waals surface area contributed by atoms with Gasteiger partial charge in [-0.1, -0.05) is 0 Å². The van der Waals surface area contributed by atoms with Crippen LogP contribution in [0.4, 0.5) is 5.69 Å². The van der Waals surface area contributed by atoms with Crippen LogP contribution in [0.1, 0.15) is 10.4 Å². The molecule has 0 amide bonds. The number of carboxylic acid groups (broad SMARTS) is 1. The highest BCUT2D eigenvalue weighted by molar-refractivity contribution is 5.87. The molecule has 0 aromatic heterocycles. The van der Waals surface area contributed by atoms with E-state index in [0.29, 0.717) is 11.6 Å². The maximum absolute atomic E-state index is 10.8. The maximum atomic E-state index is 10.8. The molecule has 1 aliphatic heterocycles. The standard InChI is InChI=1S/C14H21N3O2/c1-16-7-8-17(2)13(10-16)9-15-12-5-3-11(4-6-12)14(18)19/h3-6,13,15H,7-10H2,1-2H3,(H,18,19). The van der Waals surface area contributed by atoms with Gasteiger partial charge in [0.05, 0.1) is 5.56 Å². The molecule has 5 heteroatoms. The lowest BCUT2D eigenvalue weighted by Crippen LogP contribution is -2.52. The van der Waals surface area contributed by atoms with Gasteiger partial charge in [0, 0.05) is 37.9 Å². The van der Waals surface area contributed by atoms with Crippen molar-refractivity contribution >= 4 is 11.7 Å². The number of piperazine rings is 1. The molecule has 1 atom stereocenters. The Bertz CT molecular complexity index is 433. The van der Waals surface area contributed by atoms with Crippen LogP contribution in [-0.2, 0) is 0 Å². The number of hydrogen-bond donors (Lipinski definition) is 2.